The van der Waals surface area contributed by atoms with Crippen LogP contribution in [-0.4, -0.2) is 17.1 Å². The number of hydrogen-bond acceptors (Lipinski definition) is 3. The van der Waals surface area contributed by atoms with Gasteiger partial charge in [-0.05, 0) is 44.6 Å². The second kappa shape index (κ2) is 7.79. The molecule has 1 saturated carbocycles. The minimum atomic E-state index is 0.164. The van der Waals surface area contributed by atoms with Gasteiger partial charge in [-0.3, -0.25) is 0 Å². The molecule has 1 fully saturated rings. The molecule has 2 atom stereocenters. The van der Waals surface area contributed by atoms with E-state index in [-0.39, 0.29) is 6.10 Å². The number of rotatable bonds is 6. The van der Waals surface area contributed by atoms with Crippen molar-refractivity contribution in [3.63, 3.8) is 0 Å². The van der Waals surface area contributed by atoms with Crippen LogP contribution in [0.1, 0.15) is 58.9 Å². The first kappa shape index (κ1) is 16.3. The number of ether oxygens (including phenoxy) is 1. The van der Waals surface area contributed by atoms with Crippen molar-refractivity contribution in [2.75, 3.05) is 0 Å². The van der Waals surface area contributed by atoms with Crippen LogP contribution in [0.25, 0.3) is 0 Å². The molecule has 21 heavy (non-hydrogen) atoms. The Morgan fingerprint density at radius 1 is 1.24 bits per heavy atom. The minimum Gasteiger partial charge on any atom is -0.475 e. The molecule has 0 spiro atoms. The van der Waals surface area contributed by atoms with Gasteiger partial charge in [-0.15, -0.1) is 0 Å². The summed E-state index contributed by atoms with van der Waals surface area (Å²) in [5.74, 6) is 2.32. The zero-order valence-electron chi connectivity index (χ0n) is 13.9. The maximum atomic E-state index is 5.81. The second-order valence-electron chi connectivity index (χ2n) is 6.81. The van der Waals surface area contributed by atoms with Crippen LogP contribution >= 0.6 is 0 Å². The maximum Gasteiger partial charge on any atom is 0.218 e. The lowest BCUT2D eigenvalue weighted by atomic mass is 9.78. The number of pyridine rings is 1. The number of nitrogens with one attached hydrogen (secondary N) is 1. The Morgan fingerprint density at radius 3 is 2.71 bits per heavy atom. The average Bonchev–Trinajstić information content (AvgIpc) is 2.46. The van der Waals surface area contributed by atoms with E-state index < -0.39 is 0 Å². The van der Waals surface area contributed by atoms with Crippen molar-refractivity contribution in [3.8, 4) is 5.88 Å². The van der Waals surface area contributed by atoms with Gasteiger partial charge in [-0.25, -0.2) is 4.98 Å². The second-order valence-corrected chi connectivity index (χ2v) is 6.81. The molecule has 1 aliphatic carbocycles. The summed E-state index contributed by atoms with van der Waals surface area (Å²) in [6.07, 6.45) is 7.36. The van der Waals surface area contributed by atoms with Gasteiger partial charge in [0.05, 0.1) is 6.10 Å². The predicted molar refractivity (Wildman–Crippen MR) is 87.4 cm³/mol. The summed E-state index contributed by atoms with van der Waals surface area (Å²) >= 11 is 0. The Morgan fingerprint density at radius 2 is 2.00 bits per heavy atom. The van der Waals surface area contributed by atoms with Crippen LogP contribution in [0.2, 0.25) is 0 Å². The Labute approximate surface area is 129 Å². The van der Waals surface area contributed by atoms with E-state index in [9.17, 15) is 0 Å². The third-order valence-electron chi connectivity index (χ3n) is 4.43. The molecule has 1 aromatic rings. The molecule has 1 aliphatic rings. The highest BCUT2D eigenvalue weighted by molar-refractivity contribution is 5.25. The summed E-state index contributed by atoms with van der Waals surface area (Å²) in [4.78, 5) is 4.37. The third kappa shape index (κ3) is 4.70. The van der Waals surface area contributed by atoms with Gasteiger partial charge in [0, 0.05) is 24.3 Å². The van der Waals surface area contributed by atoms with Crippen LogP contribution < -0.4 is 10.1 Å². The van der Waals surface area contributed by atoms with Crippen molar-refractivity contribution in [2.45, 2.75) is 72.1 Å². The minimum absolute atomic E-state index is 0.164. The SMILES string of the molecule is CC(C)Oc1ncccc1CNC1CCCCC1C(C)C. The molecule has 0 saturated heterocycles. The van der Waals surface area contributed by atoms with Gasteiger partial charge in [-0.1, -0.05) is 32.8 Å². The Hall–Kier alpha value is -1.09. The van der Waals surface area contributed by atoms with Crippen molar-refractivity contribution >= 4 is 0 Å². The lowest BCUT2D eigenvalue weighted by Crippen LogP contribution is -2.40. The fourth-order valence-electron chi connectivity index (χ4n) is 3.34. The molecule has 0 bridgehead atoms. The van der Waals surface area contributed by atoms with Crippen LogP contribution in [0, 0.1) is 11.8 Å². The molecule has 0 aromatic carbocycles. The summed E-state index contributed by atoms with van der Waals surface area (Å²) in [6, 6.07) is 4.74. The van der Waals surface area contributed by atoms with Crippen LogP contribution in [0.3, 0.4) is 0 Å². The molecule has 1 heterocycles. The van der Waals surface area contributed by atoms with Crippen LogP contribution in [-0.2, 0) is 6.54 Å². The van der Waals surface area contributed by atoms with Crippen LogP contribution in [0.4, 0.5) is 0 Å². The zero-order valence-corrected chi connectivity index (χ0v) is 13.9. The topological polar surface area (TPSA) is 34.1 Å². The van der Waals surface area contributed by atoms with Gasteiger partial charge in [0.1, 0.15) is 0 Å². The zero-order chi connectivity index (χ0) is 15.2. The van der Waals surface area contributed by atoms with E-state index in [1.165, 1.54) is 31.2 Å². The summed E-state index contributed by atoms with van der Waals surface area (Å²) in [5, 5.41) is 3.76. The molecular weight excluding hydrogens is 260 g/mol. The van der Waals surface area contributed by atoms with Crippen LogP contribution in [0.5, 0.6) is 5.88 Å². The van der Waals surface area contributed by atoms with E-state index in [0.717, 1.165) is 24.3 Å². The molecule has 1 aromatic heterocycles. The molecule has 2 unspecified atom stereocenters. The van der Waals surface area contributed by atoms with E-state index in [0.29, 0.717) is 6.04 Å². The molecule has 3 nitrogen and oxygen atoms in total. The van der Waals surface area contributed by atoms with Gasteiger partial charge in [0.25, 0.3) is 0 Å². The largest absolute Gasteiger partial charge is 0.475 e. The highest BCUT2D eigenvalue weighted by atomic mass is 16.5. The van der Waals surface area contributed by atoms with Gasteiger partial charge in [-0.2, -0.15) is 0 Å². The van der Waals surface area contributed by atoms with Crippen molar-refractivity contribution in [3.05, 3.63) is 23.9 Å². The number of nitrogens with zero attached hydrogens (tertiary/aromatic N) is 1. The molecule has 3 heteroatoms. The van der Waals surface area contributed by atoms with Gasteiger partial charge >= 0.3 is 0 Å². The molecular formula is C18H30N2O. The smallest absolute Gasteiger partial charge is 0.218 e. The highest BCUT2D eigenvalue weighted by Crippen LogP contribution is 2.30. The number of aromatic nitrogens is 1. The first-order valence-corrected chi connectivity index (χ1v) is 8.42. The van der Waals surface area contributed by atoms with Gasteiger partial charge in [0.15, 0.2) is 0 Å². The van der Waals surface area contributed by atoms with E-state index in [2.05, 4.69) is 30.2 Å². The molecule has 0 amide bonds. The Balaban J connectivity index is 1.98. The summed E-state index contributed by atoms with van der Waals surface area (Å²) in [5.41, 5.74) is 1.17. The van der Waals surface area contributed by atoms with E-state index in [1.807, 2.05) is 19.9 Å². The van der Waals surface area contributed by atoms with E-state index in [4.69, 9.17) is 4.74 Å². The summed E-state index contributed by atoms with van der Waals surface area (Å²) in [7, 11) is 0. The van der Waals surface area contributed by atoms with Gasteiger partial charge in [0.2, 0.25) is 5.88 Å². The lowest BCUT2D eigenvalue weighted by Gasteiger charge is -2.35. The van der Waals surface area contributed by atoms with E-state index in [1.54, 1.807) is 6.20 Å². The van der Waals surface area contributed by atoms with Crippen molar-refractivity contribution in [1.29, 1.82) is 0 Å². The quantitative estimate of drug-likeness (QED) is 0.853. The first-order chi connectivity index (χ1) is 10.1. The Kier molecular flexibility index (Phi) is 6.04. The monoisotopic (exact) mass is 290 g/mol. The fourth-order valence-corrected chi connectivity index (χ4v) is 3.34. The predicted octanol–water partition coefficient (Wildman–Crippen LogP) is 4.17. The van der Waals surface area contributed by atoms with Crippen molar-refractivity contribution < 1.29 is 4.74 Å². The number of hydrogen-bond donors (Lipinski definition) is 1. The maximum absolute atomic E-state index is 5.81. The van der Waals surface area contributed by atoms with Crippen molar-refractivity contribution in [1.82, 2.24) is 10.3 Å². The molecule has 118 valence electrons. The summed E-state index contributed by atoms with van der Waals surface area (Å²) in [6.45, 7) is 9.64. The first-order valence-electron chi connectivity index (χ1n) is 8.42. The van der Waals surface area contributed by atoms with Gasteiger partial charge < -0.3 is 10.1 Å². The lowest BCUT2D eigenvalue weighted by molar-refractivity contribution is 0.201. The molecule has 0 radical (unpaired) electrons. The van der Waals surface area contributed by atoms with E-state index >= 15 is 0 Å². The highest BCUT2D eigenvalue weighted by Gasteiger charge is 2.27. The normalized spacial score (nSPS) is 22.8. The fraction of sp³-hybridized carbons (Fsp3) is 0.722. The molecule has 2 rings (SSSR count). The average molecular weight is 290 g/mol. The summed E-state index contributed by atoms with van der Waals surface area (Å²) < 4.78 is 5.81. The standard InChI is InChI=1S/C18H30N2O/c1-13(2)16-9-5-6-10-17(16)20-12-15-8-7-11-19-18(15)21-14(3)4/h7-8,11,13-14,16-17,20H,5-6,9-10,12H2,1-4H3. The van der Waals surface area contributed by atoms with Crippen LogP contribution in [0.15, 0.2) is 18.3 Å². The third-order valence-corrected chi connectivity index (χ3v) is 4.43. The van der Waals surface area contributed by atoms with Crippen molar-refractivity contribution in [2.24, 2.45) is 11.8 Å². The molecule has 0 aliphatic heterocycles. The molecule has 1 N–H and O–H groups in total. The Bertz CT molecular complexity index is 431.